The predicted octanol–water partition coefficient (Wildman–Crippen LogP) is 2.50. The van der Waals surface area contributed by atoms with Crippen LogP contribution in [-0.4, -0.2) is 31.4 Å². The third kappa shape index (κ3) is 3.53. The zero-order chi connectivity index (χ0) is 13.7. The number of likely N-dealkylation sites (N-methyl/N-ethyl adjacent to an activating group) is 1. The van der Waals surface area contributed by atoms with Gasteiger partial charge in [0.05, 0.1) is 18.8 Å². The van der Waals surface area contributed by atoms with Gasteiger partial charge in [0.15, 0.2) is 0 Å². The maximum Gasteiger partial charge on any atom is 0.128 e. The lowest BCUT2D eigenvalue weighted by atomic mass is 9.85. The number of halogens is 1. The fourth-order valence-electron chi connectivity index (χ4n) is 2.43. The van der Waals surface area contributed by atoms with Crippen molar-refractivity contribution in [1.29, 1.82) is 0 Å². The number of hydrogen-bond donors (Lipinski definition) is 1. The minimum Gasteiger partial charge on any atom is -0.374 e. The van der Waals surface area contributed by atoms with Crippen LogP contribution in [0.25, 0.3) is 0 Å². The summed E-state index contributed by atoms with van der Waals surface area (Å²) in [4.78, 5) is 0. The van der Waals surface area contributed by atoms with Gasteiger partial charge < -0.3 is 14.8 Å². The minimum absolute atomic E-state index is 0.0589. The molecule has 1 fully saturated rings. The molecule has 0 heterocycles. The Bertz CT molecular complexity index is 399. The zero-order valence-corrected chi connectivity index (χ0v) is 11.6. The van der Waals surface area contributed by atoms with Crippen LogP contribution < -0.4 is 5.32 Å². The van der Waals surface area contributed by atoms with Crippen molar-refractivity contribution in [2.75, 3.05) is 13.2 Å². The Balaban J connectivity index is 1.84. The Labute approximate surface area is 114 Å². The van der Waals surface area contributed by atoms with Crippen LogP contribution in [0.1, 0.15) is 25.8 Å². The van der Waals surface area contributed by atoms with E-state index in [1.54, 1.807) is 12.1 Å². The topological polar surface area (TPSA) is 30.5 Å². The summed E-state index contributed by atoms with van der Waals surface area (Å²) < 4.78 is 25.0. The van der Waals surface area contributed by atoms with E-state index in [2.05, 4.69) is 12.2 Å². The Morgan fingerprint density at radius 3 is 2.74 bits per heavy atom. The van der Waals surface area contributed by atoms with Gasteiger partial charge in [-0.3, -0.25) is 0 Å². The first kappa shape index (κ1) is 14.4. The van der Waals surface area contributed by atoms with Gasteiger partial charge in [0.2, 0.25) is 0 Å². The predicted molar refractivity (Wildman–Crippen MR) is 72.5 cm³/mol. The molecule has 1 aliphatic carbocycles. The van der Waals surface area contributed by atoms with Gasteiger partial charge in [0, 0.05) is 18.2 Å². The Hall–Kier alpha value is -0.970. The molecule has 1 aromatic carbocycles. The largest absolute Gasteiger partial charge is 0.374 e. The number of ether oxygens (including phenoxy) is 2. The second-order valence-corrected chi connectivity index (χ2v) is 4.76. The second kappa shape index (κ2) is 6.98. The lowest BCUT2D eigenvalue weighted by Crippen LogP contribution is -2.60. The van der Waals surface area contributed by atoms with Gasteiger partial charge in [-0.2, -0.15) is 0 Å². The van der Waals surface area contributed by atoms with Gasteiger partial charge in [0.1, 0.15) is 5.82 Å². The van der Waals surface area contributed by atoms with E-state index >= 15 is 0 Å². The Morgan fingerprint density at radius 1 is 1.26 bits per heavy atom. The van der Waals surface area contributed by atoms with Crippen molar-refractivity contribution in [1.82, 2.24) is 5.32 Å². The molecule has 0 bridgehead atoms. The molecule has 3 unspecified atom stereocenters. The highest BCUT2D eigenvalue weighted by molar-refractivity contribution is 5.16. The van der Waals surface area contributed by atoms with E-state index in [9.17, 15) is 4.39 Å². The molecular weight excluding hydrogens is 245 g/mol. The molecule has 4 heteroatoms. The summed E-state index contributed by atoms with van der Waals surface area (Å²) in [5.41, 5.74) is 0.602. The molecule has 1 aliphatic rings. The smallest absolute Gasteiger partial charge is 0.128 e. The number of benzene rings is 1. The van der Waals surface area contributed by atoms with Gasteiger partial charge in [-0.15, -0.1) is 0 Å². The molecule has 0 aliphatic heterocycles. The molecule has 0 amide bonds. The van der Waals surface area contributed by atoms with E-state index in [0.29, 0.717) is 24.8 Å². The minimum atomic E-state index is -0.210. The Morgan fingerprint density at radius 2 is 2.05 bits per heavy atom. The SMILES string of the molecule is CCNC1CC(OCc2ccccc2F)C1OCC. The van der Waals surface area contributed by atoms with Crippen molar-refractivity contribution in [2.24, 2.45) is 0 Å². The van der Waals surface area contributed by atoms with Crippen molar-refractivity contribution in [3.8, 4) is 0 Å². The maximum absolute atomic E-state index is 13.5. The molecule has 0 aromatic heterocycles. The average Bonchev–Trinajstić information content (AvgIpc) is 2.41. The van der Waals surface area contributed by atoms with Crippen molar-refractivity contribution < 1.29 is 13.9 Å². The van der Waals surface area contributed by atoms with E-state index in [1.165, 1.54) is 6.07 Å². The molecule has 1 N–H and O–H groups in total. The first-order valence-corrected chi connectivity index (χ1v) is 6.96. The standard InChI is InChI=1S/C15H22FNO2/c1-3-17-13-9-14(15(13)18-4-2)19-10-11-7-5-6-8-12(11)16/h5-8,13-15,17H,3-4,9-10H2,1-2H3. The van der Waals surface area contributed by atoms with Gasteiger partial charge in [-0.05, 0) is 26.0 Å². The summed E-state index contributed by atoms with van der Waals surface area (Å²) in [7, 11) is 0. The first-order valence-electron chi connectivity index (χ1n) is 6.96. The van der Waals surface area contributed by atoms with Crippen LogP contribution in [0.4, 0.5) is 4.39 Å². The fraction of sp³-hybridized carbons (Fsp3) is 0.600. The maximum atomic E-state index is 13.5. The lowest BCUT2D eigenvalue weighted by molar-refractivity contribution is -0.150. The van der Waals surface area contributed by atoms with E-state index in [0.717, 1.165) is 13.0 Å². The fourth-order valence-corrected chi connectivity index (χ4v) is 2.43. The Kier molecular flexibility index (Phi) is 5.31. The number of rotatable bonds is 7. The highest BCUT2D eigenvalue weighted by Crippen LogP contribution is 2.28. The molecule has 2 rings (SSSR count). The quantitative estimate of drug-likeness (QED) is 0.823. The van der Waals surface area contributed by atoms with Gasteiger partial charge in [-0.25, -0.2) is 4.39 Å². The van der Waals surface area contributed by atoms with E-state index in [-0.39, 0.29) is 18.0 Å². The second-order valence-electron chi connectivity index (χ2n) is 4.76. The number of hydrogen-bond acceptors (Lipinski definition) is 3. The summed E-state index contributed by atoms with van der Waals surface area (Å²) in [6.07, 6.45) is 1.06. The van der Waals surface area contributed by atoms with Crippen molar-refractivity contribution in [3.05, 3.63) is 35.6 Å². The molecule has 19 heavy (non-hydrogen) atoms. The van der Waals surface area contributed by atoms with Gasteiger partial charge in [-0.1, -0.05) is 25.1 Å². The highest BCUT2D eigenvalue weighted by Gasteiger charge is 2.42. The van der Waals surface area contributed by atoms with Crippen molar-refractivity contribution in [3.63, 3.8) is 0 Å². The van der Waals surface area contributed by atoms with Crippen molar-refractivity contribution >= 4 is 0 Å². The van der Waals surface area contributed by atoms with Crippen LogP contribution in [-0.2, 0) is 16.1 Å². The van der Waals surface area contributed by atoms with Gasteiger partial charge in [0.25, 0.3) is 0 Å². The first-order chi connectivity index (χ1) is 9.26. The number of nitrogens with one attached hydrogen (secondary N) is 1. The molecule has 106 valence electrons. The van der Waals surface area contributed by atoms with Gasteiger partial charge >= 0.3 is 0 Å². The van der Waals surface area contributed by atoms with Crippen LogP contribution in [0.15, 0.2) is 24.3 Å². The monoisotopic (exact) mass is 267 g/mol. The third-order valence-electron chi connectivity index (χ3n) is 3.49. The molecule has 3 atom stereocenters. The molecule has 0 spiro atoms. The summed E-state index contributed by atoms with van der Waals surface area (Å²) in [5.74, 6) is -0.210. The lowest BCUT2D eigenvalue weighted by Gasteiger charge is -2.44. The van der Waals surface area contributed by atoms with Crippen LogP contribution in [0.5, 0.6) is 0 Å². The van der Waals surface area contributed by atoms with E-state index in [1.807, 2.05) is 13.0 Å². The molecular formula is C15H22FNO2. The average molecular weight is 267 g/mol. The molecule has 0 radical (unpaired) electrons. The summed E-state index contributed by atoms with van der Waals surface area (Å²) in [6, 6.07) is 7.08. The summed E-state index contributed by atoms with van der Waals surface area (Å²) in [5, 5.41) is 3.38. The van der Waals surface area contributed by atoms with E-state index < -0.39 is 0 Å². The molecule has 3 nitrogen and oxygen atoms in total. The van der Waals surface area contributed by atoms with Crippen LogP contribution in [0.3, 0.4) is 0 Å². The zero-order valence-electron chi connectivity index (χ0n) is 11.6. The highest BCUT2D eigenvalue weighted by atomic mass is 19.1. The van der Waals surface area contributed by atoms with Crippen LogP contribution in [0, 0.1) is 5.82 Å². The molecule has 1 aromatic rings. The van der Waals surface area contributed by atoms with Crippen LogP contribution >= 0.6 is 0 Å². The van der Waals surface area contributed by atoms with Crippen molar-refractivity contribution in [2.45, 2.75) is 45.1 Å². The third-order valence-corrected chi connectivity index (χ3v) is 3.49. The summed E-state index contributed by atoms with van der Waals surface area (Å²) in [6.45, 7) is 5.96. The molecule has 0 saturated heterocycles. The van der Waals surface area contributed by atoms with E-state index in [4.69, 9.17) is 9.47 Å². The summed E-state index contributed by atoms with van der Waals surface area (Å²) >= 11 is 0. The molecule has 1 saturated carbocycles. The normalized spacial score (nSPS) is 26.2. The van der Waals surface area contributed by atoms with Crippen LogP contribution in [0.2, 0.25) is 0 Å².